The van der Waals surface area contributed by atoms with Gasteiger partial charge in [-0.3, -0.25) is 0 Å². The van der Waals surface area contributed by atoms with Crippen LogP contribution in [0.15, 0.2) is 0 Å². The average molecular weight is 193 g/mol. The number of hydrogen-bond acceptors (Lipinski definition) is 3. The van der Waals surface area contributed by atoms with Crippen molar-refractivity contribution in [1.29, 1.82) is 0 Å². The van der Waals surface area contributed by atoms with Gasteiger partial charge in [0.2, 0.25) is 0 Å². The molecule has 0 aliphatic rings. The van der Waals surface area contributed by atoms with E-state index in [9.17, 15) is 0 Å². The van der Waals surface area contributed by atoms with Gasteiger partial charge >= 0.3 is 0 Å². The number of rotatable bonds is 3. The summed E-state index contributed by atoms with van der Waals surface area (Å²) in [6, 6.07) is 0. The van der Waals surface area contributed by atoms with Crippen LogP contribution in [0.3, 0.4) is 0 Å². The minimum Gasteiger partial charge on any atom is -0.325 e. The molecule has 0 bridgehead atoms. The smallest absolute Gasteiger partial charge is 0.131 e. The predicted molar refractivity (Wildman–Crippen MR) is 58.1 cm³/mol. The molecular weight excluding hydrogens is 174 g/mol. The van der Waals surface area contributed by atoms with E-state index in [1.165, 1.54) is 5.56 Å². The Kier molecular flexibility index (Phi) is 3.58. The van der Waals surface area contributed by atoms with E-state index in [0.717, 1.165) is 23.6 Å². The molecule has 2 N–H and O–H groups in total. The van der Waals surface area contributed by atoms with Crippen molar-refractivity contribution >= 4 is 0 Å². The second-order valence-corrected chi connectivity index (χ2v) is 3.80. The number of nitrogens with two attached hydrogens (primary N) is 1. The second kappa shape index (κ2) is 4.51. The van der Waals surface area contributed by atoms with E-state index < -0.39 is 0 Å². The molecule has 14 heavy (non-hydrogen) atoms. The zero-order chi connectivity index (χ0) is 10.7. The van der Waals surface area contributed by atoms with E-state index in [1.807, 2.05) is 6.92 Å². The Morgan fingerprint density at radius 2 is 1.93 bits per heavy atom. The molecule has 3 nitrogen and oxygen atoms in total. The average Bonchev–Trinajstić information content (AvgIpc) is 2.16. The lowest BCUT2D eigenvalue weighted by molar-refractivity contribution is 0.735. The van der Waals surface area contributed by atoms with E-state index in [4.69, 9.17) is 5.73 Å². The van der Waals surface area contributed by atoms with Crippen molar-refractivity contribution in [1.82, 2.24) is 9.97 Å². The molecule has 0 radical (unpaired) electrons. The zero-order valence-electron chi connectivity index (χ0n) is 9.46. The monoisotopic (exact) mass is 193 g/mol. The molecule has 0 amide bonds. The molecule has 1 aromatic rings. The first-order chi connectivity index (χ1) is 6.60. The molecule has 0 unspecified atom stereocenters. The van der Waals surface area contributed by atoms with Crippen LogP contribution in [-0.4, -0.2) is 9.97 Å². The first kappa shape index (κ1) is 11.1. The summed E-state index contributed by atoms with van der Waals surface area (Å²) in [5.41, 5.74) is 8.96. The molecule has 1 rings (SSSR count). The summed E-state index contributed by atoms with van der Waals surface area (Å²) in [7, 11) is 0. The summed E-state index contributed by atoms with van der Waals surface area (Å²) in [6.07, 6.45) is 0.955. The van der Waals surface area contributed by atoms with Crippen LogP contribution < -0.4 is 5.73 Å². The topological polar surface area (TPSA) is 51.8 Å². The SMILES string of the molecule is CCc1c(C)nc(C(C)C)nc1CN. The summed E-state index contributed by atoms with van der Waals surface area (Å²) in [5.74, 6) is 1.27. The number of hydrogen-bond donors (Lipinski definition) is 1. The molecular formula is C11H19N3. The Morgan fingerprint density at radius 3 is 2.36 bits per heavy atom. The third kappa shape index (κ3) is 2.10. The molecule has 0 aromatic carbocycles. The quantitative estimate of drug-likeness (QED) is 0.798. The zero-order valence-corrected chi connectivity index (χ0v) is 9.46. The largest absolute Gasteiger partial charge is 0.325 e. The van der Waals surface area contributed by atoms with Crippen molar-refractivity contribution in [2.45, 2.75) is 46.6 Å². The van der Waals surface area contributed by atoms with Gasteiger partial charge < -0.3 is 5.73 Å². The fourth-order valence-corrected chi connectivity index (χ4v) is 1.57. The lowest BCUT2D eigenvalue weighted by Crippen LogP contribution is -2.11. The first-order valence-corrected chi connectivity index (χ1v) is 5.16. The lowest BCUT2D eigenvalue weighted by Gasteiger charge is -2.12. The van der Waals surface area contributed by atoms with Gasteiger partial charge in [0.05, 0.1) is 5.69 Å². The van der Waals surface area contributed by atoms with Crippen LogP contribution in [0.2, 0.25) is 0 Å². The van der Waals surface area contributed by atoms with E-state index >= 15 is 0 Å². The molecule has 0 aliphatic heterocycles. The maximum Gasteiger partial charge on any atom is 0.131 e. The van der Waals surface area contributed by atoms with Crippen molar-refractivity contribution in [3.05, 3.63) is 22.8 Å². The van der Waals surface area contributed by atoms with Gasteiger partial charge in [-0.25, -0.2) is 9.97 Å². The summed E-state index contributed by atoms with van der Waals surface area (Å²) < 4.78 is 0. The minimum atomic E-state index is 0.366. The first-order valence-electron chi connectivity index (χ1n) is 5.16. The van der Waals surface area contributed by atoms with Gasteiger partial charge in [0.15, 0.2) is 0 Å². The standard InChI is InChI=1S/C11H19N3/c1-5-9-8(4)13-11(7(2)3)14-10(9)6-12/h7H,5-6,12H2,1-4H3. The number of aromatic nitrogens is 2. The molecule has 0 spiro atoms. The van der Waals surface area contributed by atoms with E-state index in [1.54, 1.807) is 0 Å². The van der Waals surface area contributed by atoms with Crippen molar-refractivity contribution in [2.24, 2.45) is 5.73 Å². The van der Waals surface area contributed by atoms with Crippen molar-refractivity contribution in [3.63, 3.8) is 0 Å². The van der Waals surface area contributed by atoms with Crippen LogP contribution in [0.1, 0.15) is 49.5 Å². The van der Waals surface area contributed by atoms with Gasteiger partial charge in [0.25, 0.3) is 0 Å². The van der Waals surface area contributed by atoms with Gasteiger partial charge in [0, 0.05) is 18.2 Å². The van der Waals surface area contributed by atoms with Crippen LogP contribution in [0, 0.1) is 6.92 Å². The molecule has 0 aliphatic carbocycles. The molecule has 1 heterocycles. The van der Waals surface area contributed by atoms with E-state index in [-0.39, 0.29) is 0 Å². The number of aryl methyl sites for hydroxylation is 1. The van der Waals surface area contributed by atoms with Crippen LogP contribution >= 0.6 is 0 Å². The molecule has 3 heteroatoms. The van der Waals surface area contributed by atoms with Crippen molar-refractivity contribution in [2.75, 3.05) is 0 Å². The fraction of sp³-hybridized carbons (Fsp3) is 0.636. The summed E-state index contributed by atoms with van der Waals surface area (Å²) in [4.78, 5) is 8.97. The lowest BCUT2D eigenvalue weighted by atomic mass is 10.1. The predicted octanol–water partition coefficient (Wildman–Crippen LogP) is 1.93. The molecule has 78 valence electrons. The van der Waals surface area contributed by atoms with E-state index in [0.29, 0.717) is 12.5 Å². The maximum absolute atomic E-state index is 5.67. The highest BCUT2D eigenvalue weighted by molar-refractivity contribution is 5.25. The van der Waals surface area contributed by atoms with Gasteiger partial charge in [-0.2, -0.15) is 0 Å². The highest BCUT2D eigenvalue weighted by atomic mass is 14.9. The van der Waals surface area contributed by atoms with Crippen molar-refractivity contribution < 1.29 is 0 Å². The normalized spacial score (nSPS) is 11.0. The van der Waals surface area contributed by atoms with Crippen LogP contribution in [0.25, 0.3) is 0 Å². The Bertz CT molecular complexity index is 319. The molecule has 0 saturated carbocycles. The van der Waals surface area contributed by atoms with Gasteiger partial charge in [-0.15, -0.1) is 0 Å². The second-order valence-electron chi connectivity index (χ2n) is 3.80. The Morgan fingerprint density at radius 1 is 1.29 bits per heavy atom. The van der Waals surface area contributed by atoms with Crippen LogP contribution in [0.5, 0.6) is 0 Å². The molecule has 1 aromatic heterocycles. The minimum absolute atomic E-state index is 0.366. The maximum atomic E-state index is 5.67. The molecule has 0 saturated heterocycles. The molecule has 0 atom stereocenters. The van der Waals surface area contributed by atoms with Gasteiger partial charge in [0.1, 0.15) is 5.82 Å². The molecule has 0 fully saturated rings. The van der Waals surface area contributed by atoms with Crippen LogP contribution in [0.4, 0.5) is 0 Å². The summed E-state index contributed by atoms with van der Waals surface area (Å²) >= 11 is 0. The van der Waals surface area contributed by atoms with Crippen LogP contribution in [-0.2, 0) is 13.0 Å². The number of nitrogens with zero attached hydrogens (tertiary/aromatic N) is 2. The Hall–Kier alpha value is -0.960. The summed E-state index contributed by atoms with van der Waals surface area (Å²) in [5, 5.41) is 0. The van der Waals surface area contributed by atoms with E-state index in [2.05, 4.69) is 30.7 Å². The highest BCUT2D eigenvalue weighted by Gasteiger charge is 2.10. The summed E-state index contributed by atoms with van der Waals surface area (Å²) in [6.45, 7) is 8.85. The Labute approximate surface area is 85.8 Å². The fourth-order valence-electron chi connectivity index (χ4n) is 1.57. The van der Waals surface area contributed by atoms with Crippen molar-refractivity contribution in [3.8, 4) is 0 Å². The van der Waals surface area contributed by atoms with Gasteiger partial charge in [-0.05, 0) is 18.9 Å². The third-order valence-corrected chi connectivity index (χ3v) is 2.38. The highest BCUT2D eigenvalue weighted by Crippen LogP contribution is 2.15. The third-order valence-electron chi connectivity index (χ3n) is 2.38. The Balaban J connectivity index is 3.24. The van der Waals surface area contributed by atoms with Gasteiger partial charge in [-0.1, -0.05) is 20.8 Å².